The lowest BCUT2D eigenvalue weighted by molar-refractivity contribution is -0.0193. The van der Waals surface area contributed by atoms with E-state index in [0.29, 0.717) is 18.0 Å². The van der Waals surface area contributed by atoms with Gasteiger partial charge in [0.1, 0.15) is 5.69 Å². The van der Waals surface area contributed by atoms with E-state index < -0.39 is 17.2 Å². The number of hydrogen-bond acceptors (Lipinski definition) is 5. The number of carbonyl (C=O) groups excluding carboxylic acids is 1. The van der Waals surface area contributed by atoms with Gasteiger partial charge in [-0.2, -0.15) is 0 Å². The second-order valence-corrected chi connectivity index (χ2v) is 11.2. The predicted octanol–water partition coefficient (Wildman–Crippen LogP) is 4.81. The summed E-state index contributed by atoms with van der Waals surface area (Å²) < 4.78 is 32.7. The Labute approximate surface area is 209 Å². The summed E-state index contributed by atoms with van der Waals surface area (Å²) in [5.74, 6) is -1.62. The van der Waals surface area contributed by atoms with E-state index in [1.54, 1.807) is 18.9 Å². The van der Waals surface area contributed by atoms with E-state index in [0.717, 1.165) is 66.9 Å². The Balaban J connectivity index is 1.56. The third kappa shape index (κ3) is 5.58. The first-order chi connectivity index (χ1) is 16.6. The Kier molecular flexibility index (Phi) is 7.90. The lowest BCUT2D eigenvalue weighted by Crippen LogP contribution is -2.39. The average Bonchev–Trinajstić information content (AvgIpc) is 3.30. The van der Waals surface area contributed by atoms with E-state index in [9.17, 15) is 23.8 Å². The maximum Gasteiger partial charge on any atom is 0.272 e. The zero-order valence-electron chi connectivity index (χ0n) is 20.5. The fourth-order valence-corrected chi connectivity index (χ4v) is 6.79. The van der Waals surface area contributed by atoms with Crippen molar-refractivity contribution in [3.63, 3.8) is 0 Å². The Morgan fingerprint density at radius 1 is 1.26 bits per heavy atom. The monoisotopic (exact) mass is 507 g/mol. The van der Waals surface area contributed by atoms with Gasteiger partial charge in [0, 0.05) is 34.9 Å². The number of aliphatic hydroxyl groups excluding tert-OH is 1. The van der Waals surface area contributed by atoms with Crippen molar-refractivity contribution in [2.24, 2.45) is 11.8 Å². The molecule has 9 heteroatoms. The van der Waals surface area contributed by atoms with Crippen LogP contribution >= 0.6 is 11.9 Å². The molecule has 4 atom stereocenters. The standard InChI is InChI=1S/C26H35F2N3O3S/c1-15-7-8-17(13-26(3,34)14-32)22(15)30-35-24-16(2)23(31-11-5-4-6-21(24)31)25(33)29-18-9-10-19(27)20(28)12-18/h9-10,12,15,17,22,30,32,34H,4-8,11,13-14H2,1-3H3,(H,29,33). The van der Waals surface area contributed by atoms with Crippen molar-refractivity contribution >= 4 is 23.5 Å². The molecule has 0 spiro atoms. The minimum Gasteiger partial charge on any atom is -0.393 e. The van der Waals surface area contributed by atoms with Gasteiger partial charge in [0.15, 0.2) is 11.6 Å². The molecule has 1 aromatic carbocycles. The molecule has 0 saturated heterocycles. The van der Waals surface area contributed by atoms with Crippen molar-refractivity contribution in [1.29, 1.82) is 0 Å². The molecule has 192 valence electrons. The topological polar surface area (TPSA) is 86.5 Å². The maximum atomic E-state index is 13.7. The lowest BCUT2D eigenvalue weighted by Gasteiger charge is -2.30. The number of carbonyl (C=O) groups is 1. The van der Waals surface area contributed by atoms with E-state index in [1.165, 1.54) is 6.07 Å². The number of anilines is 1. The van der Waals surface area contributed by atoms with Crippen molar-refractivity contribution in [3.8, 4) is 0 Å². The average molecular weight is 508 g/mol. The maximum absolute atomic E-state index is 13.7. The van der Waals surface area contributed by atoms with E-state index in [-0.39, 0.29) is 30.2 Å². The molecule has 6 nitrogen and oxygen atoms in total. The van der Waals surface area contributed by atoms with Gasteiger partial charge in [-0.1, -0.05) is 6.92 Å². The largest absolute Gasteiger partial charge is 0.393 e. The molecule has 1 aromatic heterocycles. The number of nitrogens with one attached hydrogen (secondary N) is 2. The van der Waals surface area contributed by atoms with Crippen molar-refractivity contribution in [3.05, 3.63) is 46.8 Å². The third-order valence-corrected chi connectivity index (χ3v) is 8.58. The smallest absolute Gasteiger partial charge is 0.272 e. The van der Waals surface area contributed by atoms with Crippen LogP contribution in [-0.2, 0) is 13.0 Å². The number of fused-ring (bicyclic) bond motifs is 1. The highest BCUT2D eigenvalue weighted by Crippen LogP contribution is 2.40. The molecule has 0 bridgehead atoms. The van der Waals surface area contributed by atoms with Gasteiger partial charge < -0.3 is 20.1 Å². The number of halogens is 2. The summed E-state index contributed by atoms with van der Waals surface area (Å²) in [6.07, 6.45) is 5.46. The van der Waals surface area contributed by atoms with E-state index in [4.69, 9.17) is 0 Å². The van der Waals surface area contributed by atoms with Gasteiger partial charge in [-0.05, 0) is 93.9 Å². The summed E-state index contributed by atoms with van der Waals surface area (Å²) >= 11 is 1.54. The van der Waals surface area contributed by atoms with E-state index in [1.807, 2.05) is 6.92 Å². The third-order valence-electron chi connectivity index (χ3n) is 7.44. The van der Waals surface area contributed by atoms with Crippen LogP contribution in [0.1, 0.15) is 67.7 Å². The van der Waals surface area contributed by atoms with E-state index in [2.05, 4.69) is 21.5 Å². The molecule has 0 radical (unpaired) electrons. The summed E-state index contributed by atoms with van der Waals surface area (Å²) in [7, 11) is 0. The normalized spacial score (nSPS) is 23.7. The highest BCUT2D eigenvalue weighted by molar-refractivity contribution is 7.97. The zero-order chi connectivity index (χ0) is 25.3. The van der Waals surface area contributed by atoms with Gasteiger partial charge in [-0.25, -0.2) is 8.78 Å². The Hall–Kier alpha value is -1.94. The summed E-state index contributed by atoms with van der Waals surface area (Å²) in [4.78, 5) is 14.3. The van der Waals surface area contributed by atoms with Gasteiger partial charge in [0.2, 0.25) is 0 Å². The Bertz CT molecular complexity index is 1090. The minimum atomic E-state index is -1.10. The molecule has 1 aliphatic carbocycles. The number of hydrogen-bond donors (Lipinski definition) is 4. The number of benzene rings is 1. The van der Waals surface area contributed by atoms with Crippen LogP contribution in [0.4, 0.5) is 14.5 Å². The summed E-state index contributed by atoms with van der Waals surface area (Å²) in [5.41, 5.74) is 1.64. The van der Waals surface area contributed by atoms with Crippen LogP contribution in [0, 0.1) is 30.4 Å². The molecule has 1 fully saturated rings. The number of amides is 1. The highest BCUT2D eigenvalue weighted by atomic mass is 32.2. The summed E-state index contributed by atoms with van der Waals surface area (Å²) in [6, 6.07) is 3.52. The van der Waals surface area contributed by atoms with Crippen LogP contribution in [-0.4, -0.2) is 38.9 Å². The van der Waals surface area contributed by atoms with Gasteiger partial charge in [0.05, 0.1) is 12.2 Å². The van der Waals surface area contributed by atoms with Crippen LogP contribution in [0.2, 0.25) is 0 Å². The van der Waals surface area contributed by atoms with Crippen LogP contribution in [0.5, 0.6) is 0 Å². The second kappa shape index (κ2) is 10.6. The van der Waals surface area contributed by atoms with Crippen molar-refractivity contribution < 1.29 is 23.8 Å². The molecule has 4 rings (SSSR count). The molecule has 1 amide bonds. The van der Waals surface area contributed by atoms with E-state index >= 15 is 0 Å². The number of rotatable bonds is 8. The molecule has 2 heterocycles. The molecule has 2 aromatic rings. The lowest BCUT2D eigenvalue weighted by atomic mass is 9.88. The van der Waals surface area contributed by atoms with Crippen LogP contribution in [0.3, 0.4) is 0 Å². The molecular formula is C26H35F2N3O3S. The first-order valence-corrected chi connectivity index (χ1v) is 13.2. The minimum absolute atomic E-state index is 0.177. The van der Waals surface area contributed by atoms with Crippen molar-refractivity contribution in [2.75, 3.05) is 11.9 Å². The second-order valence-electron chi connectivity index (χ2n) is 10.4. The van der Waals surface area contributed by atoms with Crippen LogP contribution in [0.25, 0.3) is 0 Å². The molecule has 2 aliphatic rings. The number of aromatic nitrogens is 1. The zero-order valence-corrected chi connectivity index (χ0v) is 21.4. The Morgan fingerprint density at radius 2 is 2.03 bits per heavy atom. The molecular weight excluding hydrogens is 472 g/mol. The molecule has 1 aliphatic heterocycles. The molecule has 4 N–H and O–H groups in total. The van der Waals surface area contributed by atoms with Crippen LogP contribution in [0.15, 0.2) is 23.1 Å². The quantitative estimate of drug-likeness (QED) is 0.386. The molecule has 4 unspecified atom stereocenters. The highest BCUT2D eigenvalue weighted by Gasteiger charge is 2.38. The van der Waals surface area contributed by atoms with Crippen molar-refractivity contribution in [2.45, 2.75) is 82.4 Å². The molecule has 1 saturated carbocycles. The number of nitrogens with zero attached hydrogens (tertiary/aromatic N) is 1. The van der Waals surface area contributed by atoms with Gasteiger partial charge in [-0.3, -0.25) is 9.52 Å². The predicted molar refractivity (Wildman–Crippen MR) is 133 cm³/mol. The Morgan fingerprint density at radius 3 is 2.74 bits per heavy atom. The molecule has 35 heavy (non-hydrogen) atoms. The SMILES string of the molecule is Cc1c(SNC2C(C)CCC2CC(C)(O)CO)c2n(c1C(=O)Nc1ccc(F)c(F)c1)CCCC2. The van der Waals surface area contributed by atoms with Gasteiger partial charge >= 0.3 is 0 Å². The first-order valence-electron chi connectivity index (χ1n) is 12.3. The summed E-state index contributed by atoms with van der Waals surface area (Å²) in [6.45, 7) is 6.28. The van der Waals surface area contributed by atoms with Gasteiger partial charge in [-0.15, -0.1) is 0 Å². The fraction of sp³-hybridized carbons (Fsp3) is 0.577. The van der Waals surface area contributed by atoms with Gasteiger partial charge in [0.25, 0.3) is 5.91 Å². The van der Waals surface area contributed by atoms with Crippen molar-refractivity contribution in [1.82, 2.24) is 9.29 Å². The fourth-order valence-electron chi connectivity index (χ4n) is 5.53. The number of aliphatic hydroxyl groups is 2. The van der Waals surface area contributed by atoms with Crippen LogP contribution < -0.4 is 10.0 Å². The summed E-state index contributed by atoms with van der Waals surface area (Å²) in [5, 5.41) is 22.7. The first kappa shape index (κ1) is 26.1.